The third-order valence-corrected chi connectivity index (χ3v) is 5.53. The van der Waals surface area contributed by atoms with Crippen molar-refractivity contribution in [1.82, 2.24) is 5.32 Å². The third kappa shape index (κ3) is 4.06. The number of rotatable bonds is 3. The van der Waals surface area contributed by atoms with Crippen LogP contribution in [0.4, 0.5) is 5.69 Å². The number of furan rings is 1. The van der Waals surface area contributed by atoms with Gasteiger partial charge in [-0.25, -0.2) is 4.99 Å². The van der Waals surface area contributed by atoms with E-state index in [-0.39, 0.29) is 5.91 Å². The zero-order valence-corrected chi connectivity index (χ0v) is 16.9. The number of carbonyl (C=O) groups is 1. The summed E-state index contributed by atoms with van der Waals surface area (Å²) in [6, 6.07) is 17.1. The number of nitrogens with zero attached hydrogens (tertiary/aromatic N) is 1. The van der Waals surface area contributed by atoms with Crippen LogP contribution in [0.3, 0.4) is 0 Å². The molecular formula is C22H17ClN2O2S. The van der Waals surface area contributed by atoms with Crippen LogP contribution in [-0.4, -0.2) is 11.1 Å². The first-order chi connectivity index (χ1) is 13.5. The number of thioether (sulfide) groups is 1. The Balaban J connectivity index is 1.55. The molecule has 1 aromatic heterocycles. The molecule has 1 aliphatic rings. The fraction of sp³-hybridized carbons (Fsp3) is 0.0909. The summed E-state index contributed by atoms with van der Waals surface area (Å²) in [5, 5.41) is 4.00. The lowest BCUT2D eigenvalue weighted by Gasteiger charge is -2.01. The van der Waals surface area contributed by atoms with E-state index in [0.29, 0.717) is 26.6 Å². The molecule has 2 aromatic carbocycles. The van der Waals surface area contributed by atoms with Crippen molar-refractivity contribution in [2.75, 3.05) is 0 Å². The molecule has 1 aliphatic heterocycles. The van der Waals surface area contributed by atoms with Crippen molar-refractivity contribution < 1.29 is 9.21 Å². The topological polar surface area (TPSA) is 54.6 Å². The van der Waals surface area contributed by atoms with Crippen molar-refractivity contribution in [2.45, 2.75) is 13.8 Å². The molecule has 0 atom stereocenters. The lowest BCUT2D eigenvalue weighted by molar-refractivity contribution is -0.115. The SMILES string of the molecule is Cc1ccc(N=C2NC(=O)C(=Cc3ccc(-c4cccc(Cl)c4)o3)S2)cc1C. The molecule has 0 spiro atoms. The summed E-state index contributed by atoms with van der Waals surface area (Å²) >= 11 is 7.33. The predicted molar refractivity (Wildman–Crippen MR) is 116 cm³/mol. The molecule has 1 N–H and O–H groups in total. The minimum absolute atomic E-state index is 0.187. The number of nitrogens with one attached hydrogen (secondary N) is 1. The smallest absolute Gasteiger partial charge is 0.264 e. The van der Waals surface area contributed by atoms with E-state index in [1.165, 1.54) is 17.3 Å². The number of amidine groups is 1. The molecular weight excluding hydrogens is 392 g/mol. The van der Waals surface area contributed by atoms with E-state index in [4.69, 9.17) is 16.0 Å². The van der Waals surface area contributed by atoms with Crippen LogP contribution in [0.15, 0.2) is 68.9 Å². The van der Waals surface area contributed by atoms with Gasteiger partial charge in [0.1, 0.15) is 11.5 Å². The second-order valence-electron chi connectivity index (χ2n) is 6.46. The minimum atomic E-state index is -0.187. The number of carbonyl (C=O) groups excluding carboxylic acids is 1. The Kier molecular flexibility index (Phi) is 5.11. The molecule has 2 heterocycles. The van der Waals surface area contributed by atoms with E-state index in [2.05, 4.69) is 17.2 Å². The summed E-state index contributed by atoms with van der Waals surface area (Å²) in [4.78, 5) is 17.3. The molecule has 0 saturated carbocycles. The Labute approximate surface area is 172 Å². The maximum atomic E-state index is 12.3. The molecule has 0 radical (unpaired) electrons. The molecule has 4 nitrogen and oxygen atoms in total. The molecule has 6 heteroatoms. The van der Waals surface area contributed by atoms with Crippen molar-refractivity contribution in [1.29, 1.82) is 0 Å². The number of halogens is 1. The average Bonchev–Trinajstić information content (AvgIpc) is 3.26. The molecule has 3 aromatic rings. The van der Waals surface area contributed by atoms with Gasteiger partial charge in [0.2, 0.25) is 0 Å². The molecule has 28 heavy (non-hydrogen) atoms. The first-order valence-corrected chi connectivity index (χ1v) is 9.90. The van der Waals surface area contributed by atoms with E-state index >= 15 is 0 Å². The van der Waals surface area contributed by atoms with Gasteiger partial charge in [0, 0.05) is 16.7 Å². The number of aryl methyl sites for hydroxylation is 2. The van der Waals surface area contributed by atoms with Crippen LogP contribution in [0.5, 0.6) is 0 Å². The second kappa shape index (κ2) is 7.70. The van der Waals surface area contributed by atoms with E-state index in [9.17, 15) is 4.79 Å². The van der Waals surface area contributed by atoms with Crippen molar-refractivity contribution in [3.05, 3.63) is 81.4 Å². The molecule has 1 amide bonds. The maximum Gasteiger partial charge on any atom is 0.264 e. The van der Waals surface area contributed by atoms with Crippen molar-refractivity contribution in [2.24, 2.45) is 4.99 Å². The van der Waals surface area contributed by atoms with E-state index in [1.54, 1.807) is 6.08 Å². The molecule has 1 saturated heterocycles. The highest BCUT2D eigenvalue weighted by Gasteiger charge is 2.24. The van der Waals surface area contributed by atoms with Crippen LogP contribution in [-0.2, 0) is 4.79 Å². The number of hydrogen-bond donors (Lipinski definition) is 1. The average molecular weight is 409 g/mol. The number of hydrogen-bond acceptors (Lipinski definition) is 4. The molecule has 0 aliphatic carbocycles. The molecule has 4 rings (SSSR count). The number of aliphatic imine (C=N–C) groups is 1. The fourth-order valence-electron chi connectivity index (χ4n) is 2.75. The Bertz CT molecular complexity index is 1130. The first-order valence-electron chi connectivity index (χ1n) is 8.70. The van der Waals surface area contributed by atoms with Gasteiger partial charge < -0.3 is 9.73 Å². The molecule has 0 unspecified atom stereocenters. The van der Waals surface area contributed by atoms with Crippen molar-refractivity contribution in [3.8, 4) is 11.3 Å². The van der Waals surface area contributed by atoms with Gasteiger partial charge in [0.15, 0.2) is 5.17 Å². The third-order valence-electron chi connectivity index (χ3n) is 4.38. The first kappa shape index (κ1) is 18.6. The standard InChI is InChI=1S/C22H17ClN2O2S/c1-13-6-7-17(10-14(13)2)24-22-25-21(26)20(28-22)12-18-8-9-19(27-18)15-4-3-5-16(23)11-15/h3-12H,1-2H3,(H,24,25,26). The highest BCUT2D eigenvalue weighted by molar-refractivity contribution is 8.18. The summed E-state index contributed by atoms with van der Waals surface area (Å²) in [5.74, 6) is 1.11. The van der Waals surface area contributed by atoms with Gasteiger partial charge in [-0.15, -0.1) is 0 Å². The predicted octanol–water partition coefficient (Wildman–Crippen LogP) is 6.11. The van der Waals surface area contributed by atoms with Crippen LogP contribution in [0.1, 0.15) is 16.9 Å². The molecule has 140 valence electrons. The Hall–Kier alpha value is -2.76. The van der Waals surface area contributed by atoms with Gasteiger partial charge in [-0.3, -0.25) is 4.79 Å². The molecule has 1 fully saturated rings. The van der Waals surface area contributed by atoms with Gasteiger partial charge in [-0.05, 0) is 73.1 Å². The van der Waals surface area contributed by atoms with Gasteiger partial charge in [-0.2, -0.15) is 0 Å². The fourth-order valence-corrected chi connectivity index (χ4v) is 3.76. The highest BCUT2D eigenvalue weighted by Crippen LogP contribution is 2.31. The summed E-state index contributed by atoms with van der Waals surface area (Å²) in [6.07, 6.45) is 1.72. The Morgan fingerprint density at radius 2 is 1.93 bits per heavy atom. The Morgan fingerprint density at radius 1 is 1.07 bits per heavy atom. The van der Waals surface area contributed by atoms with Gasteiger partial charge in [0.05, 0.1) is 10.6 Å². The Morgan fingerprint density at radius 3 is 2.71 bits per heavy atom. The summed E-state index contributed by atoms with van der Waals surface area (Å²) in [5.41, 5.74) is 4.07. The summed E-state index contributed by atoms with van der Waals surface area (Å²) < 4.78 is 5.85. The zero-order chi connectivity index (χ0) is 19.7. The summed E-state index contributed by atoms with van der Waals surface area (Å²) in [7, 11) is 0. The minimum Gasteiger partial charge on any atom is -0.457 e. The highest BCUT2D eigenvalue weighted by atomic mass is 35.5. The van der Waals surface area contributed by atoms with Crippen LogP contribution >= 0.6 is 23.4 Å². The van der Waals surface area contributed by atoms with E-state index in [1.807, 2.05) is 61.5 Å². The van der Waals surface area contributed by atoms with E-state index < -0.39 is 0 Å². The van der Waals surface area contributed by atoms with Gasteiger partial charge >= 0.3 is 0 Å². The van der Waals surface area contributed by atoms with Crippen LogP contribution in [0.25, 0.3) is 17.4 Å². The largest absolute Gasteiger partial charge is 0.457 e. The van der Waals surface area contributed by atoms with Crippen LogP contribution in [0.2, 0.25) is 5.02 Å². The second-order valence-corrected chi connectivity index (χ2v) is 7.93. The monoisotopic (exact) mass is 408 g/mol. The number of benzene rings is 2. The number of amides is 1. The lowest BCUT2D eigenvalue weighted by atomic mass is 10.1. The lowest BCUT2D eigenvalue weighted by Crippen LogP contribution is -2.19. The molecule has 0 bridgehead atoms. The van der Waals surface area contributed by atoms with E-state index in [0.717, 1.165) is 16.8 Å². The van der Waals surface area contributed by atoms with Crippen LogP contribution < -0.4 is 5.32 Å². The van der Waals surface area contributed by atoms with Crippen molar-refractivity contribution in [3.63, 3.8) is 0 Å². The van der Waals surface area contributed by atoms with Crippen molar-refractivity contribution >= 4 is 46.2 Å². The normalized spacial score (nSPS) is 16.8. The van der Waals surface area contributed by atoms with Gasteiger partial charge in [0.25, 0.3) is 5.91 Å². The van der Waals surface area contributed by atoms with Gasteiger partial charge in [-0.1, -0.05) is 29.8 Å². The summed E-state index contributed by atoms with van der Waals surface area (Å²) in [6.45, 7) is 4.10. The quantitative estimate of drug-likeness (QED) is 0.532. The van der Waals surface area contributed by atoms with Crippen LogP contribution in [0, 0.1) is 13.8 Å². The maximum absolute atomic E-state index is 12.3. The zero-order valence-electron chi connectivity index (χ0n) is 15.3.